The quantitative estimate of drug-likeness (QED) is 0.397. The molecule has 0 spiro atoms. The molecule has 206 valence electrons. The van der Waals surface area contributed by atoms with Gasteiger partial charge in [0.25, 0.3) is 5.91 Å². The number of benzene rings is 2. The van der Waals surface area contributed by atoms with Crippen LogP contribution in [0.1, 0.15) is 66.8 Å². The van der Waals surface area contributed by atoms with Gasteiger partial charge in [0.1, 0.15) is 11.8 Å². The van der Waals surface area contributed by atoms with E-state index in [4.69, 9.17) is 16.3 Å². The van der Waals surface area contributed by atoms with Crippen LogP contribution in [-0.4, -0.2) is 49.7 Å². The maximum Gasteiger partial charge on any atom is 0.307 e. The van der Waals surface area contributed by atoms with Crippen molar-refractivity contribution in [2.24, 2.45) is 0 Å². The highest BCUT2D eigenvalue weighted by Crippen LogP contribution is 2.41. The number of ether oxygens (including phenoxy) is 1. The normalized spacial score (nSPS) is 18.1. The van der Waals surface area contributed by atoms with E-state index in [0.717, 1.165) is 5.56 Å². The number of aromatic amines is 1. The van der Waals surface area contributed by atoms with E-state index in [1.54, 1.807) is 63.8 Å². The SMILES string of the molecule is Cc1cc(Oc2ccc(C(=O)N[C@H](C)C(=O)N3C(c4cccc(Cl)c4)CCC3C(C)(C)O)cc2C)c(=O)[nH]n1. The smallest absolute Gasteiger partial charge is 0.307 e. The van der Waals surface area contributed by atoms with E-state index in [1.165, 1.54) is 6.07 Å². The van der Waals surface area contributed by atoms with Crippen molar-refractivity contribution in [1.82, 2.24) is 20.4 Å². The lowest BCUT2D eigenvalue weighted by Gasteiger charge is -2.38. The van der Waals surface area contributed by atoms with Gasteiger partial charge in [-0.25, -0.2) is 5.10 Å². The van der Waals surface area contributed by atoms with Crippen molar-refractivity contribution in [3.8, 4) is 11.5 Å². The van der Waals surface area contributed by atoms with E-state index >= 15 is 0 Å². The molecule has 1 aromatic heterocycles. The van der Waals surface area contributed by atoms with E-state index < -0.39 is 29.2 Å². The minimum Gasteiger partial charge on any atom is -0.451 e. The highest BCUT2D eigenvalue weighted by atomic mass is 35.5. The third-order valence-corrected chi connectivity index (χ3v) is 7.20. The lowest BCUT2D eigenvalue weighted by atomic mass is 9.96. The Bertz CT molecular complexity index is 1450. The van der Waals surface area contributed by atoms with Gasteiger partial charge in [0.2, 0.25) is 5.91 Å². The Morgan fingerprint density at radius 1 is 1.15 bits per heavy atom. The number of carbonyl (C=O) groups is 2. The molecule has 2 heterocycles. The number of rotatable bonds is 7. The Morgan fingerprint density at radius 2 is 1.90 bits per heavy atom. The predicted octanol–water partition coefficient (Wildman–Crippen LogP) is 4.45. The van der Waals surface area contributed by atoms with Crippen LogP contribution in [0.25, 0.3) is 0 Å². The Morgan fingerprint density at radius 3 is 2.56 bits per heavy atom. The van der Waals surface area contributed by atoms with Gasteiger partial charge in [-0.05, 0) is 88.9 Å². The second kappa shape index (κ2) is 11.2. The van der Waals surface area contributed by atoms with Crippen molar-refractivity contribution >= 4 is 23.4 Å². The average Bonchev–Trinajstić information content (AvgIpc) is 3.33. The third-order valence-electron chi connectivity index (χ3n) is 6.96. The van der Waals surface area contributed by atoms with E-state index in [9.17, 15) is 19.5 Å². The summed E-state index contributed by atoms with van der Waals surface area (Å²) in [5.74, 6) is -0.201. The van der Waals surface area contributed by atoms with E-state index in [-0.39, 0.29) is 17.7 Å². The summed E-state index contributed by atoms with van der Waals surface area (Å²) in [6.45, 7) is 8.51. The zero-order chi connectivity index (χ0) is 28.5. The molecule has 0 aliphatic carbocycles. The molecular weight excluding hydrogens is 520 g/mol. The molecule has 0 bridgehead atoms. The van der Waals surface area contributed by atoms with Gasteiger partial charge in [-0.2, -0.15) is 5.10 Å². The molecule has 3 atom stereocenters. The minimum absolute atomic E-state index is 0.100. The van der Waals surface area contributed by atoms with E-state index in [0.29, 0.717) is 40.4 Å². The van der Waals surface area contributed by atoms with Crippen LogP contribution in [0.15, 0.2) is 53.3 Å². The number of amides is 2. The van der Waals surface area contributed by atoms with Crippen molar-refractivity contribution in [2.75, 3.05) is 0 Å². The first kappa shape index (κ1) is 28.3. The maximum absolute atomic E-state index is 13.7. The molecule has 3 aromatic rings. The molecule has 2 unspecified atom stereocenters. The van der Waals surface area contributed by atoms with Crippen LogP contribution in [-0.2, 0) is 4.79 Å². The van der Waals surface area contributed by atoms with Crippen LogP contribution in [0.4, 0.5) is 0 Å². The summed E-state index contributed by atoms with van der Waals surface area (Å²) in [5.41, 5.74) is 0.866. The number of hydrogen-bond donors (Lipinski definition) is 3. The van der Waals surface area contributed by atoms with Crippen LogP contribution < -0.4 is 15.6 Å². The molecule has 9 nitrogen and oxygen atoms in total. The molecule has 0 saturated carbocycles. The number of likely N-dealkylation sites (tertiary alicyclic amines) is 1. The fourth-order valence-corrected chi connectivity index (χ4v) is 5.20. The average molecular weight is 553 g/mol. The van der Waals surface area contributed by atoms with Crippen molar-refractivity contribution in [1.29, 1.82) is 0 Å². The standard InChI is InChI=1S/C29H33ClN4O5/c1-16-13-20(9-11-23(16)39-24-14-17(2)32-33-27(24)36)26(35)31-18(3)28(37)34-22(10-12-25(34)29(4,5)38)19-7-6-8-21(30)15-19/h6-9,11,13-15,18,22,25,38H,10,12H2,1-5H3,(H,31,35)(H,33,36)/t18-,22?,25?/m1/s1. The summed E-state index contributed by atoms with van der Waals surface area (Å²) in [6.07, 6.45) is 1.29. The molecule has 1 fully saturated rings. The Labute approximate surface area is 232 Å². The fraction of sp³-hybridized carbons (Fsp3) is 0.379. The third kappa shape index (κ3) is 6.32. The largest absolute Gasteiger partial charge is 0.451 e. The van der Waals surface area contributed by atoms with E-state index in [2.05, 4.69) is 15.5 Å². The van der Waals surface area contributed by atoms with Crippen LogP contribution in [0.2, 0.25) is 5.02 Å². The molecule has 39 heavy (non-hydrogen) atoms. The van der Waals surface area contributed by atoms with E-state index in [1.807, 2.05) is 18.2 Å². The molecule has 3 N–H and O–H groups in total. The molecule has 1 aliphatic heterocycles. The van der Waals surface area contributed by atoms with Gasteiger partial charge in [-0.15, -0.1) is 0 Å². The van der Waals surface area contributed by atoms with Gasteiger partial charge in [-0.3, -0.25) is 14.4 Å². The molecule has 2 aromatic carbocycles. The van der Waals surface area contributed by atoms with Crippen LogP contribution in [0.3, 0.4) is 0 Å². The van der Waals surface area contributed by atoms with Gasteiger partial charge in [0.05, 0.1) is 23.4 Å². The van der Waals surface area contributed by atoms with Gasteiger partial charge in [0, 0.05) is 16.7 Å². The van der Waals surface area contributed by atoms with Crippen LogP contribution in [0, 0.1) is 13.8 Å². The van der Waals surface area contributed by atoms with Crippen molar-refractivity contribution in [3.05, 3.63) is 86.3 Å². The summed E-state index contributed by atoms with van der Waals surface area (Å²) >= 11 is 6.22. The highest BCUT2D eigenvalue weighted by Gasteiger charge is 2.45. The molecule has 2 amide bonds. The number of aliphatic hydroxyl groups is 1. The summed E-state index contributed by atoms with van der Waals surface area (Å²) in [4.78, 5) is 40.5. The molecule has 1 saturated heterocycles. The molecule has 0 radical (unpaired) electrons. The first-order valence-corrected chi connectivity index (χ1v) is 13.2. The Balaban J connectivity index is 1.51. The number of halogens is 1. The van der Waals surface area contributed by atoms with Gasteiger partial charge in [0.15, 0.2) is 5.75 Å². The minimum atomic E-state index is -1.13. The second-order valence-corrected chi connectivity index (χ2v) is 11.0. The molecule has 1 aliphatic rings. The number of nitrogens with zero attached hydrogens (tertiary/aromatic N) is 2. The van der Waals surface area contributed by atoms with Crippen molar-refractivity contribution < 1.29 is 19.4 Å². The topological polar surface area (TPSA) is 125 Å². The van der Waals surface area contributed by atoms with Gasteiger partial charge >= 0.3 is 5.56 Å². The Hall–Kier alpha value is -3.69. The number of H-pyrrole nitrogens is 1. The number of aromatic nitrogens is 2. The molecule has 10 heteroatoms. The number of nitrogens with one attached hydrogen (secondary N) is 2. The fourth-order valence-electron chi connectivity index (χ4n) is 5.00. The lowest BCUT2D eigenvalue weighted by molar-refractivity contribution is -0.141. The van der Waals surface area contributed by atoms with Crippen molar-refractivity contribution in [2.45, 2.75) is 71.2 Å². The maximum atomic E-state index is 13.7. The van der Waals surface area contributed by atoms with Gasteiger partial charge in [-0.1, -0.05) is 23.7 Å². The van der Waals surface area contributed by atoms with Crippen molar-refractivity contribution in [3.63, 3.8) is 0 Å². The summed E-state index contributed by atoms with van der Waals surface area (Å²) in [5, 5.41) is 20.4. The first-order chi connectivity index (χ1) is 18.3. The summed E-state index contributed by atoms with van der Waals surface area (Å²) < 4.78 is 5.74. The molecule has 4 rings (SSSR count). The van der Waals surface area contributed by atoms with Crippen LogP contribution in [0.5, 0.6) is 11.5 Å². The number of aryl methyl sites for hydroxylation is 2. The first-order valence-electron chi connectivity index (χ1n) is 12.8. The monoisotopic (exact) mass is 552 g/mol. The lowest BCUT2D eigenvalue weighted by Crippen LogP contribution is -2.54. The zero-order valence-corrected chi connectivity index (χ0v) is 23.4. The predicted molar refractivity (Wildman–Crippen MR) is 148 cm³/mol. The van der Waals surface area contributed by atoms with Crippen LogP contribution >= 0.6 is 11.6 Å². The number of hydrogen-bond acceptors (Lipinski definition) is 6. The zero-order valence-electron chi connectivity index (χ0n) is 22.6. The molecular formula is C29H33ClN4O5. The van der Waals surface area contributed by atoms with Gasteiger partial charge < -0.3 is 20.1 Å². The summed E-state index contributed by atoms with van der Waals surface area (Å²) in [6, 6.07) is 12.1. The summed E-state index contributed by atoms with van der Waals surface area (Å²) in [7, 11) is 0. The Kier molecular flexibility index (Phi) is 8.13. The number of carbonyl (C=O) groups excluding carboxylic acids is 2. The highest BCUT2D eigenvalue weighted by molar-refractivity contribution is 6.30. The second-order valence-electron chi connectivity index (χ2n) is 10.5.